The normalized spacial score (nSPS) is 10.6. The van der Waals surface area contributed by atoms with Crippen molar-refractivity contribution in [3.63, 3.8) is 0 Å². The van der Waals surface area contributed by atoms with Gasteiger partial charge in [-0.1, -0.05) is 36.5 Å². The quantitative estimate of drug-likeness (QED) is 0.601. The summed E-state index contributed by atoms with van der Waals surface area (Å²) < 4.78 is 0.954. The van der Waals surface area contributed by atoms with E-state index in [0.29, 0.717) is 0 Å². The van der Waals surface area contributed by atoms with Crippen molar-refractivity contribution < 1.29 is 0 Å². The Bertz CT molecular complexity index is 608. The molecule has 0 atom stereocenters. The Morgan fingerprint density at radius 1 is 1.38 bits per heavy atom. The highest BCUT2D eigenvalue weighted by atomic mass is 32.1. The first-order valence-corrected chi connectivity index (χ1v) is 5.78. The maximum absolute atomic E-state index is 5.54. The van der Waals surface area contributed by atoms with Gasteiger partial charge in [-0.2, -0.15) is 0 Å². The minimum absolute atomic E-state index is 0.824. The number of rotatable bonds is 2. The van der Waals surface area contributed by atoms with Crippen LogP contribution in [0.3, 0.4) is 0 Å². The van der Waals surface area contributed by atoms with E-state index in [0.717, 1.165) is 27.5 Å². The fourth-order valence-corrected chi connectivity index (χ4v) is 2.42. The lowest BCUT2D eigenvalue weighted by Crippen LogP contribution is -1.95. The zero-order valence-corrected chi connectivity index (χ0v) is 10.4. The van der Waals surface area contributed by atoms with Crippen molar-refractivity contribution in [1.29, 1.82) is 0 Å². The minimum atomic E-state index is 0.824. The molecule has 16 heavy (non-hydrogen) atoms. The van der Waals surface area contributed by atoms with Crippen molar-refractivity contribution in [2.75, 3.05) is 0 Å². The van der Waals surface area contributed by atoms with Crippen LogP contribution in [-0.2, 0) is 6.42 Å². The van der Waals surface area contributed by atoms with Gasteiger partial charge in [0, 0.05) is 16.6 Å². The van der Waals surface area contributed by atoms with Crippen LogP contribution in [0.4, 0.5) is 0 Å². The highest BCUT2D eigenvalue weighted by Crippen LogP contribution is 2.22. The third kappa shape index (κ3) is 1.69. The Morgan fingerprint density at radius 3 is 2.81 bits per heavy atom. The number of nitrogens with one attached hydrogen (secondary N) is 1. The van der Waals surface area contributed by atoms with Crippen LogP contribution in [0.15, 0.2) is 30.9 Å². The Hall–Kier alpha value is -1.41. The van der Waals surface area contributed by atoms with E-state index in [1.807, 2.05) is 12.1 Å². The molecule has 0 aliphatic carbocycles. The molecule has 2 aromatic rings. The van der Waals surface area contributed by atoms with Crippen molar-refractivity contribution in [3.8, 4) is 0 Å². The van der Waals surface area contributed by atoms with E-state index in [2.05, 4.69) is 37.5 Å². The molecule has 0 aliphatic heterocycles. The molecule has 0 aliphatic rings. The maximum Gasteiger partial charge on any atom is 0.0522 e. The summed E-state index contributed by atoms with van der Waals surface area (Å²) in [4.78, 5) is 3.44. The van der Waals surface area contributed by atoms with Crippen LogP contribution >= 0.6 is 12.2 Å². The predicted molar refractivity (Wildman–Crippen MR) is 72.5 cm³/mol. The van der Waals surface area contributed by atoms with Gasteiger partial charge in [0.15, 0.2) is 0 Å². The number of para-hydroxylation sites is 1. The van der Waals surface area contributed by atoms with E-state index in [9.17, 15) is 0 Å². The van der Waals surface area contributed by atoms with Gasteiger partial charge >= 0.3 is 0 Å². The molecule has 0 saturated carbocycles. The largest absolute Gasteiger partial charge is 0.358 e. The molecule has 0 amide bonds. The van der Waals surface area contributed by atoms with Gasteiger partial charge < -0.3 is 4.98 Å². The number of aromatic nitrogens is 1. The first-order chi connectivity index (χ1) is 7.65. The van der Waals surface area contributed by atoms with E-state index in [1.54, 1.807) is 0 Å². The van der Waals surface area contributed by atoms with Gasteiger partial charge in [-0.3, -0.25) is 0 Å². The van der Waals surface area contributed by atoms with E-state index in [4.69, 9.17) is 12.2 Å². The molecule has 0 unspecified atom stereocenters. The molecule has 82 valence electrons. The lowest BCUT2D eigenvalue weighted by atomic mass is 10.0. The molecule has 0 saturated heterocycles. The number of hydrogen-bond acceptors (Lipinski definition) is 1. The predicted octanol–water partition coefficient (Wildman–Crippen LogP) is 4.24. The summed E-state index contributed by atoms with van der Waals surface area (Å²) in [7, 11) is 0. The lowest BCUT2D eigenvalue weighted by molar-refractivity contribution is 1.13. The number of aromatic amines is 1. The fourth-order valence-electron chi connectivity index (χ4n) is 2.01. The summed E-state index contributed by atoms with van der Waals surface area (Å²) in [5.41, 5.74) is 4.71. The molecule has 1 heterocycles. The summed E-state index contributed by atoms with van der Waals surface area (Å²) in [6.45, 7) is 7.94. The smallest absolute Gasteiger partial charge is 0.0522 e. The second-order valence-electron chi connectivity index (χ2n) is 4.05. The molecular weight excluding hydrogens is 214 g/mol. The van der Waals surface area contributed by atoms with Gasteiger partial charge in [0.2, 0.25) is 0 Å². The monoisotopic (exact) mass is 229 g/mol. The molecule has 2 heteroatoms. The number of aryl methyl sites for hydroxylation is 2. The third-order valence-corrected chi connectivity index (χ3v) is 3.37. The Morgan fingerprint density at radius 2 is 2.12 bits per heavy atom. The minimum Gasteiger partial charge on any atom is -0.358 e. The average Bonchev–Trinajstić information content (AvgIpc) is 2.26. The number of benzene rings is 1. The SMILES string of the molecule is C=CCc1c(C)[nH]c2c(C)cccc2c1=S. The van der Waals surface area contributed by atoms with Crippen molar-refractivity contribution in [1.82, 2.24) is 4.98 Å². The summed E-state index contributed by atoms with van der Waals surface area (Å²) >= 11 is 5.54. The molecule has 2 rings (SSSR count). The number of H-pyrrole nitrogens is 1. The van der Waals surface area contributed by atoms with Gasteiger partial charge in [-0.25, -0.2) is 0 Å². The van der Waals surface area contributed by atoms with E-state index in [1.165, 1.54) is 11.1 Å². The molecule has 0 bridgehead atoms. The van der Waals surface area contributed by atoms with Crippen LogP contribution < -0.4 is 0 Å². The Labute approximate surface area is 101 Å². The molecule has 1 N–H and O–H groups in total. The van der Waals surface area contributed by atoms with E-state index in [-0.39, 0.29) is 0 Å². The number of pyridine rings is 1. The topological polar surface area (TPSA) is 15.8 Å². The molecule has 1 aromatic heterocycles. The van der Waals surface area contributed by atoms with Crippen LogP contribution in [0.5, 0.6) is 0 Å². The highest BCUT2D eigenvalue weighted by molar-refractivity contribution is 7.71. The van der Waals surface area contributed by atoms with Gasteiger partial charge in [0.25, 0.3) is 0 Å². The third-order valence-electron chi connectivity index (χ3n) is 2.91. The van der Waals surface area contributed by atoms with Crippen LogP contribution in [0.25, 0.3) is 10.9 Å². The number of allylic oxidation sites excluding steroid dienone is 1. The summed E-state index contributed by atoms with van der Waals surface area (Å²) in [5.74, 6) is 0. The van der Waals surface area contributed by atoms with Crippen LogP contribution in [-0.4, -0.2) is 4.98 Å². The summed E-state index contributed by atoms with van der Waals surface area (Å²) in [6.07, 6.45) is 2.72. The van der Waals surface area contributed by atoms with Crippen LogP contribution in [0.1, 0.15) is 16.8 Å². The Balaban J connectivity index is 2.89. The summed E-state index contributed by atoms with van der Waals surface area (Å²) in [5, 5.41) is 1.14. The first-order valence-electron chi connectivity index (χ1n) is 5.37. The second kappa shape index (κ2) is 4.22. The second-order valence-corrected chi connectivity index (χ2v) is 4.46. The van der Waals surface area contributed by atoms with Crippen LogP contribution in [0, 0.1) is 18.4 Å². The van der Waals surface area contributed by atoms with Crippen molar-refractivity contribution in [3.05, 3.63) is 52.2 Å². The zero-order chi connectivity index (χ0) is 11.7. The molecule has 0 radical (unpaired) electrons. The molecular formula is C14H15NS. The first kappa shape index (κ1) is 11.1. The molecule has 1 nitrogen and oxygen atoms in total. The van der Waals surface area contributed by atoms with E-state index < -0.39 is 0 Å². The van der Waals surface area contributed by atoms with Crippen molar-refractivity contribution in [2.45, 2.75) is 20.3 Å². The fraction of sp³-hybridized carbons (Fsp3) is 0.214. The van der Waals surface area contributed by atoms with Crippen molar-refractivity contribution in [2.24, 2.45) is 0 Å². The Kier molecular flexibility index (Phi) is 2.92. The average molecular weight is 229 g/mol. The van der Waals surface area contributed by atoms with Gasteiger partial charge in [-0.15, -0.1) is 6.58 Å². The van der Waals surface area contributed by atoms with Crippen molar-refractivity contribution >= 4 is 23.1 Å². The lowest BCUT2D eigenvalue weighted by Gasteiger charge is -2.09. The van der Waals surface area contributed by atoms with Gasteiger partial charge in [0.1, 0.15) is 0 Å². The standard InChI is InChI=1S/C14H15NS/c1-4-6-11-10(3)15-13-9(2)7-5-8-12(13)14(11)16/h4-5,7-8H,1,6H2,2-3H3,(H,15,16). The van der Waals surface area contributed by atoms with Gasteiger partial charge in [0.05, 0.1) is 4.51 Å². The zero-order valence-electron chi connectivity index (χ0n) is 9.63. The molecule has 0 fully saturated rings. The number of hydrogen-bond donors (Lipinski definition) is 1. The van der Waals surface area contributed by atoms with E-state index >= 15 is 0 Å². The maximum atomic E-state index is 5.54. The summed E-state index contributed by atoms with van der Waals surface area (Å²) in [6, 6.07) is 6.22. The van der Waals surface area contributed by atoms with Gasteiger partial charge in [-0.05, 0) is 31.4 Å². The highest BCUT2D eigenvalue weighted by Gasteiger charge is 2.05. The molecule has 0 spiro atoms. The van der Waals surface area contributed by atoms with Crippen LogP contribution in [0.2, 0.25) is 0 Å². The molecule has 1 aromatic carbocycles. The number of fused-ring (bicyclic) bond motifs is 1.